The van der Waals surface area contributed by atoms with Crippen LogP contribution in [0, 0.1) is 0 Å². The summed E-state index contributed by atoms with van der Waals surface area (Å²) in [7, 11) is 1.57. The van der Waals surface area contributed by atoms with Gasteiger partial charge in [-0.25, -0.2) is 0 Å². The summed E-state index contributed by atoms with van der Waals surface area (Å²) in [6.45, 7) is -3.01. The number of carbonyl (C=O) groups is 1. The van der Waals surface area contributed by atoms with Crippen molar-refractivity contribution in [2.45, 2.75) is 11.6 Å². The highest BCUT2D eigenvalue weighted by atomic mass is 32.2. The molecular formula is C18H15F2N3O3S. The maximum atomic E-state index is 12.5. The van der Waals surface area contributed by atoms with Gasteiger partial charge in [-0.05, 0) is 30.3 Å². The van der Waals surface area contributed by atoms with E-state index < -0.39 is 12.5 Å². The van der Waals surface area contributed by atoms with Crippen molar-refractivity contribution in [2.24, 2.45) is 0 Å². The van der Waals surface area contributed by atoms with Gasteiger partial charge in [-0.1, -0.05) is 24.3 Å². The lowest BCUT2D eigenvalue weighted by Crippen LogP contribution is -2.17. The highest BCUT2D eigenvalue weighted by Crippen LogP contribution is 2.30. The molecule has 6 nitrogen and oxygen atoms in total. The van der Waals surface area contributed by atoms with E-state index in [2.05, 4.69) is 19.7 Å². The molecule has 0 spiro atoms. The number of aromatic nitrogens is 2. The van der Waals surface area contributed by atoms with E-state index in [-0.39, 0.29) is 11.3 Å². The number of carbonyl (C=O) groups excluding carboxylic acids is 1. The van der Waals surface area contributed by atoms with Crippen molar-refractivity contribution < 1.29 is 23.0 Å². The number of para-hydroxylation sites is 2. The molecule has 3 rings (SSSR count). The molecule has 0 saturated carbocycles. The molecule has 0 aliphatic heterocycles. The summed E-state index contributed by atoms with van der Waals surface area (Å²) in [6, 6.07) is 14.9. The van der Waals surface area contributed by atoms with Gasteiger partial charge in [-0.3, -0.25) is 14.6 Å². The molecule has 3 aromatic rings. The van der Waals surface area contributed by atoms with Crippen LogP contribution in [0.5, 0.6) is 11.5 Å². The fourth-order valence-electron chi connectivity index (χ4n) is 2.37. The number of hydrogen-bond donors (Lipinski definition) is 2. The molecule has 0 bridgehead atoms. The number of nitrogens with zero attached hydrogens (tertiary/aromatic N) is 1. The van der Waals surface area contributed by atoms with Crippen molar-refractivity contribution >= 4 is 17.9 Å². The summed E-state index contributed by atoms with van der Waals surface area (Å²) in [5.74, 6) is -0.0831. The first kappa shape index (κ1) is 18.7. The van der Waals surface area contributed by atoms with Gasteiger partial charge < -0.3 is 9.47 Å². The Balaban J connectivity index is 1.70. The molecule has 2 aromatic carbocycles. The minimum Gasteiger partial charge on any atom is -0.496 e. The molecule has 0 unspecified atom stereocenters. The third kappa shape index (κ3) is 4.56. The number of H-pyrrole nitrogens is 1. The molecule has 140 valence electrons. The zero-order chi connectivity index (χ0) is 19.2. The second-order valence-corrected chi connectivity index (χ2v) is 6.05. The predicted molar refractivity (Wildman–Crippen MR) is 97.0 cm³/mol. The largest absolute Gasteiger partial charge is 0.496 e. The summed E-state index contributed by atoms with van der Waals surface area (Å²) in [4.78, 5) is 12.3. The first-order valence-electron chi connectivity index (χ1n) is 7.78. The van der Waals surface area contributed by atoms with E-state index in [9.17, 15) is 13.6 Å². The van der Waals surface area contributed by atoms with Crippen LogP contribution in [0.4, 0.5) is 8.78 Å². The Hall–Kier alpha value is -3.07. The Morgan fingerprint density at radius 2 is 1.85 bits per heavy atom. The van der Waals surface area contributed by atoms with Gasteiger partial charge in [0.2, 0.25) is 0 Å². The number of amides is 1. The minimum absolute atomic E-state index is 0.00536. The SMILES string of the molecule is COc1ccccc1-c1cc(SNC(=O)c2ccccc2OC(F)F)n[nH]1. The van der Waals surface area contributed by atoms with Crippen LogP contribution in [0.25, 0.3) is 11.3 Å². The third-order valence-corrected chi connectivity index (χ3v) is 4.25. The van der Waals surface area contributed by atoms with Crippen LogP contribution in [0.3, 0.4) is 0 Å². The van der Waals surface area contributed by atoms with Crippen molar-refractivity contribution in [3.8, 4) is 22.8 Å². The Kier molecular flexibility index (Phi) is 5.92. The van der Waals surface area contributed by atoms with Crippen molar-refractivity contribution in [2.75, 3.05) is 7.11 Å². The molecular weight excluding hydrogens is 376 g/mol. The molecule has 0 atom stereocenters. The number of benzene rings is 2. The zero-order valence-electron chi connectivity index (χ0n) is 14.1. The van der Waals surface area contributed by atoms with E-state index in [4.69, 9.17) is 4.74 Å². The lowest BCUT2D eigenvalue weighted by Gasteiger charge is -2.09. The van der Waals surface area contributed by atoms with Gasteiger partial charge >= 0.3 is 6.61 Å². The van der Waals surface area contributed by atoms with E-state index in [1.54, 1.807) is 19.2 Å². The summed E-state index contributed by atoms with van der Waals surface area (Å²) in [5, 5.41) is 7.49. The lowest BCUT2D eigenvalue weighted by molar-refractivity contribution is -0.0501. The fourth-order valence-corrected chi connectivity index (χ4v) is 2.94. The molecule has 0 aliphatic rings. The molecule has 1 amide bonds. The van der Waals surface area contributed by atoms with Crippen LogP contribution >= 0.6 is 11.9 Å². The van der Waals surface area contributed by atoms with Crippen molar-refractivity contribution in [1.82, 2.24) is 14.9 Å². The van der Waals surface area contributed by atoms with Crippen molar-refractivity contribution in [3.63, 3.8) is 0 Å². The van der Waals surface area contributed by atoms with Gasteiger partial charge in [-0.15, -0.1) is 0 Å². The van der Waals surface area contributed by atoms with Gasteiger partial charge in [-0.2, -0.15) is 13.9 Å². The Bertz CT molecular complexity index is 933. The molecule has 0 aliphatic carbocycles. The summed E-state index contributed by atoms with van der Waals surface area (Å²) >= 11 is 0.954. The second kappa shape index (κ2) is 8.54. The average Bonchev–Trinajstić information content (AvgIpc) is 3.15. The maximum Gasteiger partial charge on any atom is 0.387 e. The Morgan fingerprint density at radius 1 is 1.15 bits per heavy atom. The molecule has 0 saturated heterocycles. The highest BCUT2D eigenvalue weighted by molar-refractivity contribution is 7.97. The van der Waals surface area contributed by atoms with E-state index in [0.29, 0.717) is 16.5 Å². The molecule has 1 aromatic heterocycles. The number of hydrogen-bond acceptors (Lipinski definition) is 5. The van der Waals surface area contributed by atoms with Crippen LogP contribution in [0.2, 0.25) is 0 Å². The van der Waals surface area contributed by atoms with E-state index in [1.807, 2.05) is 24.3 Å². The van der Waals surface area contributed by atoms with Gasteiger partial charge in [0.15, 0.2) is 0 Å². The number of halogens is 2. The summed E-state index contributed by atoms with van der Waals surface area (Å²) in [6.07, 6.45) is 0. The Labute approximate surface area is 158 Å². The quantitative estimate of drug-likeness (QED) is 0.593. The monoisotopic (exact) mass is 391 g/mol. The molecule has 1 heterocycles. The standard InChI is InChI=1S/C18H15F2N3O3S/c1-25-14-8-4-2-6-11(14)13-10-16(22-21-13)27-23-17(24)12-7-3-5-9-15(12)26-18(19)20/h2-10,18H,1H3,(H,21,22)(H,23,24). The van der Waals surface area contributed by atoms with Gasteiger partial charge in [0.25, 0.3) is 5.91 Å². The number of nitrogens with one attached hydrogen (secondary N) is 2. The highest BCUT2D eigenvalue weighted by Gasteiger charge is 2.16. The van der Waals surface area contributed by atoms with Crippen LogP contribution in [0.1, 0.15) is 10.4 Å². The van der Waals surface area contributed by atoms with Crippen LogP contribution in [-0.2, 0) is 0 Å². The summed E-state index contributed by atoms with van der Waals surface area (Å²) < 4.78 is 37.2. The molecule has 9 heteroatoms. The first-order chi connectivity index (χ1) is 13.1. The molecule has 0 fully saturated rings. The van der Waals surface area contributed by atoms with E-state index >= 15 is 0 Å². The zero-order valence-corrected chi connectivity index (χ0v) is 14.9. The van der Waals surface area contributed by atoms with Crippen molar-refractivity contribution in [1.29, 1.82) is 0 Å². The van der Waals surface area contributed by atoms with E-state index in [0.717, 1.165) is 17.5 Å². The maximum absolute atomic E-state index is 12.5. The average molecular weight is 391 g/mol. The molecule has 0 radical (unpaired) electrons. The second-order valence-electron chi connectivity index (χ2n) is 5.23. The molecule has 27 heavy (non-hydrogen) atoms. The fraction of sp³-hybridized carbons (Fsp3) is 0.111. The van der Waals surface area contributed by atoms with Crippen LogP contribution in [0.15, 0.2) is 59.6 Å². The lowest BCUT2D eigenvalue weighted by atomic mass is 10.1. The van der Waals surface area contributed by atoms with Crippen LogP contribution < -0.4 is 14.2 Å². The summed E-state index contributed by atoms with van der Waals surface area (Å²) in [5.41, 5.74) is 1.54. The minimum atomic E-state index is -3.01. The number of alkyl halides is 2. The van der Waals surface area contributed by atoms with E-state index in [1.165, 1.54) is 18.2 Å². The number of rotatable bonds is 7. The smallest absolute Gasteiger partial charge is 0.387 e. The predicted octanol–water partition coefficient (Wildman–Crippen LogP) is 4.12. The van der Waals surface area contributed by atoms with Gasteiger partial charge in [0.05, 0.1) is 18.4 Å². The number of aromatic amines is 1. The topological polar surface area (TPSA) is 76.2 Å². The Morgan fingerprint density at radius 3 is 2.59 bits per heavy atom. The van der Waals surface area contributed by atoms with Gasteiger partial charge in [0.1, 0.15) is 16.5 Å². The van der Waals surface area contributed by atoms with Crippen molar-refractivity contribution in [3.05, 3.63) is 60.2 Å². The first-order valence-corrected chi connectivity index (χ1v) is 8.60. The molecule has 2 N–H and O–H groups in total. The number of ether oxygens (including phenoxy) is 2. The van der Waals surface area contributed by atoms with Gasteiger partial charge in [0, 0.05) is 17.5 Å². The van der Waals surface area contributed by atoms with Crippen LogP contribution in [-0.4, -0.2) is 29.8 Å². The normalized spacial score (nSPS) is 10.7. The number of methoxy groups -OCH3 is 1. The third-order valence-electron chi connectivity index (χ3n) is 3.55.